The van der Waals surface area contributed by atoms with Crippen LogP contribution in [-0.2, 0) is 9.53 Å². The van der Waals surface area contributed by atoms with Gasteiger partial charge in [-0.1, -0.05) is 20.3 Å². The maximum absolute atomic E-state index is 11.4. The molecule has 0 aromatic carbocycles. The van der Waals surface area contributed by atoms with Crippen molar-refractivity contribution < 1.29 is 9.53 Å². The molecule has 1 unspecified atom stereocenters. The van der Waals surface area contributed by atoms with Crippen LogP contribution in [0.2, 0.25) is 0 Å². The third-order valence-electron chi connectivity index (χ3n) is 4.10. The largest absolute Gasteiger partial charge is 0.466 e. The van der Waals surface area contributed by atoms with Crippen LogP contribution in [0.4, 0.5) is 0 Å². The maximum atomic E-state index is 11.4. The van der Waals surface area contributed by atoms with E-state index in [0.29, 0.717) is 18.9 Å². The molecule has 94 valence electrons. The summed E-state index contributed by atoms with van der Waals surface area (Å²) >= 11 is 0. The lowest BCUT2D eigenvalue weighted by atomic mass is 9.75. The summed E-state index contributed by atoms with van der Waals surface area (Å²) in [7, 11) is 0. The van der Waals surface area contributed by atoms with Crippen LogP contribution in [0.25, 0.3) is 0 Å². The van der Waals surface area contributed by atoms with Gasteiger partial charge in [0.25, 0.3) is 0 Å². The molecule has 1 rings (SSSR count). The van der Waals surface area contributed by atoms with Crippen LogP contribution in [0.1, 0.15) is 59.3 Å². The van der Waals surface area contributed by atoms with Crippen molar-refractivity contribution in [3.05, 3.63) is 0 Å². The monoisotopic (exact) mass is 226 g/mol. The summed E-state index contributed by atoms with van der Waals surface area (Å²) in [4.78, 5) is 11.4. The van der Waals surface area contributed by atoms with Crippen LogP contribution in [0.15, 0.2) is 0 Å². The van der Waals surface area contributed by atoms with Crippen LogP contribution in [-0.4, -0.2) is 12.6 Å². The molecule has 0 saturated heterocycles. The van der Waals surface area contributed by atoms with Gasteiger partial charge in [0.1, 0.15) is 0 Å². The molecular weight excluding hydrogens is 200 g/mol. The van der Waals surface area contributed by atoms with E-state index in [1.807, 2.05) is 6.92 Å². The van der Waals surface area contributed by atoms with E-state index < -0.39 is 0 Å². The smallest absolute Gasteiger partial charge is 0.306 e. The van der Waals surface area contributed by atoms with E-state index in [0.717, 1.165) is 11.8 Å². The minimum absolute atomic E-state index is 0.00510. The molecule has 0 bridgehead atoms. The Morgan fingerprint density at radius 3 is 2.38 bits per heavy atom. The summed E-state index contributed by atoms with van der Waals surface area (Å²) in [5, 5.41) is 0. The molecule has 0 heterocycles. The molecule has 0 amide bonds. The van der Waals surface area contributed by atoms with Gasteiger partial charge in [0.05, 0.1) is 6.61 Å². The van der Waals surface area contributed by atoms with Crippen molar-refractivity contribution in [2.45, 2.75) is 59.3 Å². The van der Waals surface area contributed by atoms with Gasteiger partial charge in [-0.3, -0.25) is 4.79 Å². The van der Waals surface area contributed by atoms with Crippen molar-refractivity contribution in [2.75, 3.05) is 6.61 Å². The highest BCUT2D eigenvalue weighted by Crippen LogP contribution is 2.35. The van der Waals surface area contributed by atoms with Gasteiger partial charge < -0.3 is 4.74 Å². The lowest BCUT2D eigenvalue weighted by Crippen LogP contribution is -2.22. The quantitative estimate of drug-likeness (QED) is 0.667. The zero-order valence-corrected chi connectivity index (χ0v) is 11.0. The molecule has 1 fully saturated rings. The Morgan fingerprint density at radius 2 is 1.88 bits per heavy atom. The predicted molar refractivity (Wildman–Crippen MR) is 66.2 cm³/mol. The number of carbonyl (C=O) groups excluding carboxylic acids is 1. The first-order chi connectivity index (χ1) is 7.67. The molecule has 1 saturated carbocycles. The second-order valence-corrected chi connectivity index (χ2v) is 5.18. The van der Waals surface area contributed by atoms with Gasteiger partial charge in [0.15, 0.2) is 0 Å². The Morgan fingerprint density at radius 1 is 1.25 bits per heavy atom. The number of hydrogen-bond donors (Lipinski definition) is 0. The zero-order valence-electron chi connectivity index (χ0n) is 11.0. The average Bonchev–Trinajstić information content (AvgIpc) is 2.29. The Kier molecular flexibility index (Phi) is 5.86. The van der Waals surface area contributed by atoms with Crippen LogP contribution >= 0.6 is 0 Å². The van der Waals surface area contributed by atoms with Gasteiger partial charge in [-0.2, -0.15) is 0 Å². The lowest BCUT2D eigenvalue weighted by Gasteiger charge is -2.31. The molecule has 1 aliphatic carbocycles. The summed E-state index contributed by atoms with van der Waals surface area (Å²) in [5.41, 5.74) is 0. The number of carbonyl (C=O) groups is 1. The van der Waals surface area contributed by atoms with E-state index >= 15 is 0 Å². The Balaban J connectivity index is 2.24. The van der Waals surface area contributed by atoms with E-state index in [2.05, 4.69) is 13.8 Å². The first kappa shape index (κ1) is 13.5. The summed E-state index contributed by atoms with van der Waals surface area (Å²) in [6.45, 7) is 7.02. The number of rotatable bonds is 5. The summed E-state index contributed by atoms with van der Waals surface area (Å²) in [6, 6.07) is 0. The van der Waals surface area contributed by atoms with Gasteiger partial charge in [-0.15, -0.1) is 0 Å². The minimum Gasteiger partial charge on any atom is -0.466 e. The molecule has 1 atom stereocenters. The van der Waals surface area contributed by atoms with Crippen LogP contribution in [0.3, 0.4) is 0 Å². The second kappa shape index (κ2) is 6.93. The highest BCUT2D eigenvalue weighted by Gasteiger charge is 2.25. The second-order valence-electron chi connectivity index (χ2n) is 5.18. The van der Waals surface area contributed by atoms with Gasteiger partial charge in [0.2, 0.25) is 0 Å². The molecule has 0 N–H and O–H groups in total. The van der Waals surface area contributed by atoms with Crippen molar-refractivity contribution in [1.29, 1.82) is 0 Å². The highest BCUT2D eigenvalue weighted by molar-refractivity contribution is 5.69. The van der Waals surface area contributed by atoms with Crippen LogP contribution < -0.4 is 0 Å². The number of hydrogen-bond acceptors (Lipinski definition) is 2. The molecule has 0 spiro atoms. The molecule has 2 heteroatoms. The molecule has 0 aliphatic heterocycles. The fraction of sp³-hybridized carbons (Fsp3) is 0.929. The molecule has 0 radical (unpaired) electrons. The highest BCUT2D eigenvalue weighted by atomic mass is 16.5. The topological polar surface area (TPSA) is 26.3 Å². The first-order valence-electron chi connectivity index (χ1n) is 6.82. The summed E-state index contributed by atoms with van der Waals surface area (Å²) in [6.07, 6.45) is 6.97. The third-order valence-corrected chi connectivity index (χ3v) is 4.10. The Hall–Kier alpha value is -0.530. The van der Waals surface area contributed by atoms with Crippen LogP contribution in [0, 0.1) is 17.8 Å². The van der Waals surface area contributed by atoms with Crippen molar-refractivity contribution in [1.82, 2.24) is 0 Å². The van der Waals surface area contributed by atoms with E-state index in [9.17, 15) is 4.79 Å². The maximum Gasteiger partial charge on any atom is 0.306 e. The van der Waals surface area contributed by atoms with Crippen molar-refractivity contribution in [2.24, 2.45) is 17.8 Å². The van der Waals surface area contributed by atoms with Gasteiger partial charge in [0, 0.05) is 6.42 Å². The summed E-state index contributed by atoms with van der Waals surface area (Å²) < 4.78 is 5.00. The van der Waals surface area contributed by atoms with Crippen molar-refractivity contribution in [3.8, 4) is 0 Å². The molecule has 0 aromatic heterocycles. The molecule has 2 nitrogen and oxygen atoms in total. The zero-order chi connectivity index (χ0) is 12.0. The number of ether oxygens (including phenoxy) is 1. The molecular formula is C14H26O2. The third kappa shape index (κ3) is 4.15. The van der Waals surface area contributed by atoms with Crippen molar-refractivity contribution >= 4 is 5.97 Å². The van der Waals surface area contributed by atoms with E-state index in [1.54, 1.807) is 0 Å². The van der Waals surface area contributed by atoms with Crippen molar-refractivity contribution in [3.63, 3.8) is 0 Å². The fourth-order valence-corrected chi connectivity index (χ4v) is 2.75. The SMILES string of the molecule is CCOC(=O)CC1CCC(C(C)CC)CC1. The molecule has 16 heavy (non-hydrogen) atoms. The molecule has 1 aliphatic rings. The summed E-state index contributed by atoms with van der Waals surface area (Å²) in [5.74, 6) is 2.32. The lowest BCUT2D eigenvalue weighted by molar-refractivity contribution is -0.144. The normalized spacial score (nSPS) is 27.4. The standard InChI is InChI=1S/C14H26O2/c1-4-11(3)13-8-6-12(7-9-13)10-14(15)16-5-2/h11-13H,4-10H2,1-3H3. The predicted octanol–water partition coefficient (Wildman–Crippen LogP) is 3.79. The Labute approximate surface area is 99.8 Å². The van der Waals surface area contributed by atoms with Gasteiger partial charge in [-0.25, -0.2) is 0 Å². The Bertz CT molecular complexity index is 205. The first-order valence-corrected chi connectivity index (χ1v) is 6.82. The molecule has 0 aromatic rings. The van der Waals surface area contributed by atoms with E-state index in [1.165, 1.54) is 32.1 Å². The van der Waals surface area contributed by atoms with E-state index in [4.69, 9.17) is 4.74 Å². The van der Waals surface area contributed by atoms with Crippen LogP contribution in [0.5, 0.6) is 0 Å². The fourth-order valence-electron chi connectivity index (χ4n) is 2.75. The minimum atomic E-state index is -0.00510. The average molecular weight is 226 g/mol. The van der Waals surface area contributed by atoms with E-state index in [-0.39, 0.29) is 5.97 Å². The van der Waals surface area contributed by atoms with Gasteiger partial charge >= 0.3 is 5.97 Å². The number of esters is 1. The van der Waals surface area contributed by atoms with Gasteiger partial charge in [-0.05, 0) is 50.4 Å².